The standard InChI is InChI=1S/C9H8ClNO2S2/c1-2-7-3-6(5-11)4-8(9(7)14)15(10,12)13/h3-4,14H,2H2,1H3. The van der Waals surface area contributed by atoms with Gasteiger partial charge in [0.05, 0.1) is 16.5 Å². The molecule has 0 bridgehead atoms. The van der Waals surface area contributed by atoms with E-state index in [0.29, 0.717) is 16.9 Å². The van der Waals surface area contributed by atoms with E-state index in [9.17, 15) is 8.42 Å². The Balaban J connectivity index is 3.60. The van der Waals surface area contributed by atoms with Crippen LogP contribution in [0.3, 0.4) is 0 Å². The third-order valence-electron chi connectivity index (χ3n) is 1.93. The molecule has 0 heterocycles. The summed E-state index contributed by atoms with van der Waals surface area (Å²) in [4.78, 5) is 0.204. The van der Waals surface area contributed by atoms with Gasteiger partial charge in [-0.1, -0.05) is 6.92 Å². The van der Waals surface area contributed by atoms with E-state index in [2.05, 4.69) is 12.6 Å². The summed E-state index contributed by atoms with van der Waals surface area (Å²) in [6, 6.07) is 4.72. The molecule has 1 rings (SSSR count). The van der Waals surface area contributed by atoms with E-state index in [1.54, 1.807) is 6.07 Å². The van der Waals surface area contributed by atoms with Crippen molar-refractivity contribution >= 4 is 32.4 Å². The van der Waals surface area contributed by atoms with Gasteiger partial charge in [-0.15, -0.1) is 12.6 Å². The van der Waals surface area contributed by atoms with Gasteiger partial charge in [0.25, 0.3) is 9.05 Å². The number of rotatable bonds is 2. The lowest BCUT2D eigenvalue weighted by molar-refractivity contribution is 0.607. The minimum absolute atomic E-state index is 0.108. The Morgan fingerprint density at radius 1 is 1.53 bits per heavy atom. The molecular weight excluding hydrogens is 254 g/mol. The normalized spacial score (nSPS) is 11.1. The molecule has 3 nitrogen and oxygen atoms in total. The van der Waals surface area contributed by atoms with Crippen molar-refractivity contribution in [3.8, 4) is 6.07 Å². The van der Waals surface area contributed by atoms with Gasteiger partial charge < -0.3 is 0 Å². The Hall–Kier alpha value is -0.700. The summed E-state index contributed by atoms with van der Waals surface area (Å²) in [5, 5.41) is 8.73. The molecule has 0 radical (unpaired) electrons. The van der Waals surface area contributed by atoms with Gasteiger partial charge in [0.15, 0.2) is 0 Å². The molecule has 0 aliphatic heterocycles. The van der Waals surface area contributed by atoms with E-state index < -0.39 is 9.05 Å². The molecule has 0 fully saturated rings. The van der Waals surface area contributed by atoms with Crippen LogP contribution in [0.25, 0.3) is 0 Å². The summed E-state index contributed by atoms with van der Waals surface area (Å²) in [7, 11) is 1.38. The predicted octanol–water partition coefficient (Wildman–Crippen LogP) is 2.34. The summed E-state index contributed by atoms with van der Waals surface area (Å²) in [6.07, 6.45) is 0.591. The van der Waals surface area contributed by atoms with Crippen molar-refractivity contribution in [2.75, 3.05) is 0 Å². The number of aryl methyl sites for hydroxylation is 1. The van der Waals surface area contributed by atoms with Crippen molar-refractivity contribution < 1.29 is 8.42 Å². The monoisotopic (exact) mass is 261 g/mol. The topological polar surface area (TPSA) is 57.9 Å². The third kappa shape index (κ3) is 2.65. The Morgan fingerprint density at radius 3 is 2.53 bits per heavy atom. The lowest BCUT2D eigenvalue weighted by Gasteiger charge is -2.07. The fourth-order valence-electron chi connectivity index (χ4n) is 1.19. The highest BCUT2D eigenvalue weighted by Gasteiger charge is 2.17. The third-order valence-corrected chi connectivity index (χ3v) is 3.95. The summed E-state index contributed by atoms with van der Waals surface area (Å²) < 4.78 is 22.4. The Bertz CT molecular complexity index is 532. The molecule has 0 atom stereocenters. The Kier molecular flexibility index (Phi) is 3.66. The van der Waals surface area contributed by atoms with E-state index in [0.717, 1.165) is 0 Å². The fourth-order valence-corrected chi connectivity index (χ4v) is 2.99. The Morgan fingerprint density at radius 2 is 2.13 bits per heavy atom. The molecule has 6 heteroatoms. The SMILES string of the molecule is CCc1cc(C#N)cc(S(=O)(=O)Cl)c1S. The highest BCUT2D eigenvalue weighted by molar-refractivity contribution is 8.14. The van der Waals surface area contributed by atoms with Crippen molar-refractivity contribution in [2.24, 2.45) is 0 Å². The van der Waals surface area contributed by atoms with Crippen molar-refractivity contribution in [1.82, 2.24) is 0 Å². The molecule has 1 aromatic rings. The first-order valence-corrected chi connectivity index (χ1v) is 6.86. The van der Waals surface area contributed by atoms with E-state index >= 15 is 0 Å². The van der Waals surface area contributed by atoms with E-state index in [1.165, 1.54) is 6.07 Å². The number of hydrogen-bond acceptors (Lipinski definition) is 4. The zero-order valence-electron chi connectivity index (χ0n) is 7.86. The number of hydrogen-bond donors (Lipinski definition) is 1. The fraction of sp³-hybridized carbons (Fsp3) is 0.222. The molecular formula is C9H8ClNO2S2. The molecule has 1 aromatic carbocycles. The maximum Gasteiger partial charge on any atom is 0.262 e. The molecule has 15 heavy (non-hydrogen) atoms. The number of benzene rings is 1. The molecule has 0 unspecified atom stereocenters. The zero-order valence-corrected chi connectivity index (χ0v) is 10.3. The minimum atomic E-state index is -3.85. The van der Waals surface area contributed by atoms with Gasteiger partial charge in [0.1, 0.15) is 0 Å². The second-order valence-corrected chi connectivity index (χ2v) is 5.87. The van der Waals surface area contributed by atoms with Crippen LogP contribution in [0, 0.1) is 11.3 Å². The van der Waals surface area contributed by atoms with Gasteiger partial charge in [-0.3, -0.25) is 0 Å². The van der Waals surface area contributed by atoms with Crippen LogP contribution >= 0.6 is 23.3 Å². The first-order chi connectivity index (χ1) is 6.90. The van der Waals surface area contributed by atoms with Crippen LogP contribution in [0.5, 0.6) is 0 Å². The van der Waals surface area contributed by atoms with Crippen LogP contribution in [0.1, 0.15) is 18.1 Å². The van der Waals surface area contributed by atoms with Crippen LogP contribution in [0.4, 0.5) is 0 Å². The number of halogens is 1. The molecule has 0 aliphatic carbocycles. The van der Waals surface area contributed by atoms with Gasteiger partial charge >= 0.3 is 0 Å². The number of nitrogens with zero attached hydrogens (tertiary/aromatic N) is 1. The number of thiol groups is 1. The molecule has 0 saturated heterocycles. The van der Waals surface area contributed by atoms with Gasteiger partial charge in [0, 0.05) is 15.6 Å². The highest BCUT2D eigenvalue weighted by atomic mass is 35.7. The number of nitriles is 1. The molecule has 0 saturated carbocycles. The van der Waals surface area contributed by atoms with E-state index in [1.807, 2.05) is 13.0 Å². The minimum Gasteiger partial charge on any atom is -0.207 e. The molecule has 0 spiro atoms. The molecule has 0 N–H and O–H groups in total. The second-order valence-electron chi connectivity index (χ2n) is 2.89. The predicted molar refractivity (Wildman–Crippen MR) is 60.8 cm³/mol. The van der Waals surface area contributed by atoms with Crippen LogP contribution in [0.15, 0.2) is 21.9 Å². The van der Waals surface area contributed by atoms with Gasteiger partial charge in [-0.05, 0) is 24.1 Å². The van der Waals surface area contributed by atoms with Gasteiger partial charge in [-0.25, -0.2) is 8.42 Å². The largest absolute Gasteiger partial charge is 0.262 e. The highest BCUT2D eigenvalue weighted by Crippen LogP contribution is 2.28. The van der Waals surface area contributed by atoms with Gasteiger partial charge in [-0.2, -0.15) is 5.26 Å². The first kappa shape index (κ1) is 12.4. The van der Waals surface area contributed by atoms with Gasteiger partial charge in [0.2, 0.25) is 0 Å². The average Bonchev–Trinajstić information content (AvgIpc) is 2.16. The summed E-state index contributed by atoms with van der Waals surface area (Å²) >= 11 is 4.10. The molecule has 0 amide bonds. The van der Waals surface area contributed by atoms with Crippen molar-refractivity contribution in [3.05, 3.63) is 23.3 Å². The van der Waals surface area contributed by atoms with E-state index in [-0.39, 0.29) is 10.5 Å². The molecule has 0 aliphatic rings. The first-order valence-electron chi connectivity index (χ1n) is 4.10. The average molecular weight is 262 g/mol. The smallest absolute Gasteiger partial charge is 0.207 e. The van der Waals surface area contributed by atoms with Crippen LogP contribution < -0.4 is 0 Å². The Labute approximate surface area is 98.5 Å². The molecule has 0 aromatic heterocycles. The zero-order chi connectivity index (χ0) is 11.6. The van der Waals surface area contributed by atoms with E-state index in [4.69, 9.17) is 15.9 Å². The maximum atomic E-state index is 11.2. The summed E-state index contributed by atoms with van der Waals surface area (Å²) in [5.41, 5.74) is 0.959. The van der Waals surface area contributed by atoms with Crippen molar-refractivity contribution in [3.63, 3.8) is 0 Å². The lowest BCUT2D eigenvalue weighted by Crippen LogP contribution is -1.97. The van der Waals surface area contributed by atoms with Crippen LogP contribution in [0.2, 0.25) is 0 Å². The summed E-state index contributed by atoms with van der Waals surface area (Å²) in [6.45, 7) is 1.85. The van der Waals surface area contributed by atoms with Crippen LogP contribution in [-0.4, -0.2) is 8.42 Å². The lowest BCUT2D eigenvalue weighted by atomic mass is 10.1. The maximum absolute atomic E-state index is 11.2. The quantitative estimate of drug-likeness (QED) is 0.657. The van der Waals surface area contributed by atoms with Crippen molar-refractivity contribution in [1.29, 1.82) is 5.26 Å². The molecule has 80 valence electrons. The second kappa shape index (κ2) is 4.44. The van der Waals surface area contributed by atoms with Crippen molar-refractivity contribution in [2.45, 2.75) is 23.1 Å². The van der Waals surface area contributed by atoms with Crippen LogP contribution in [-0.2, 0) is 15.5 Å². The summed E-state index contributed by atoms with van der Waals surface area (Å²) in [5.74, 6) is 0.